The number of carbonyl (C=O) groups excluding carboxylic acids is 1. The third kappa shape index (κ3) is 4.80. The number of likely N-dealkylation sites (N-methyl/N-ethyl adjacent to an activating group) is 1. The summed E-state index contributed by atoms with van der Waals surface area (Å²) in [5, 5.41) is 3.59. The van der Waals surface area contributed by atoms with Crippen LogP contribution in [0.25, 0.3) is 0 Å². The van der Waals surface area contributed by atoms with E-state index in [-0.39, 0.29) is 18.9 Å². The second-order valence-electron chi connectivity index (χ2n) is 4.10. The highest BCUT2D eigenvalue weighted by Gasteiger charge is 2.23. The number of hydrogen-bond acceptors (Lipinski definition) is 6. The van der Waals surface area contributed by atoms with Crippen LogP contribution in [-0.2, 0) is 14.6 Å². The number of carbonyl (C=O) groups is 1. The summed E-state index contributed by atoms with van der Waals surface area (Å²) in [5.74, 6) is -0.252. The van der Waals surface area contributed by atoms with E-state index >= 15 is 0 Å². The summed E-state index contributed by atoms with van der Waals surface area (Å²) in [5.41, 5.74) is 0. The van der Waals surface area contributed by atoms with Crippen molar-refractivity contribution >= 4 is 27.5 Å². The summed E-state index contributed by atoms with van der Waals surface area (Å²) in [6, 6.07) is -0.528. The van der Waals surface area contributed by atoms with Crippen molar-refractivity contribution in [2.24, 2.45) is 0 Å². The van der Waals surface area contributed by atoms with Gasteiger partial charge in [0.2, 0.25) is 9.84 Å². The second kappa shape index (κ2) is 7.53. The van der Waals surface area contributed by atoms with Crippen LogP contribution in [0.3, 0.4) is 0 Å². The lowest BCUT2D eigenvalue weighted by atomic mass is 10.5. The zero-order chi connectivity index (χ0) is 16.0. The zero-order valence-electron chi connectivity index (χ0n) is 11.8. The average Bonchev–Trinajstić information content (AvgIpc) is 2.92. The van der Waals surface area contributed by atoms with E-state index in [0.717, 1.165) is 11.0 Å². The van der Waals surface area contributed by atoms with E-state index in [1.165, 1.54) is 12.0 Å². The Hall–Kier alpha value is -1.45. The van der Waals surface area contributed by atoms with Crippen LogP contribution < -0.4 is 0 Å². The van der Waals surface area contributed by atoms with Crippen LogP contribution in [0.2, 0.25) is 0 Å². The molecule has 0 saturated carbocycles. The first-order chi connectivity index (χ1) is 9.81. The number of rotatable bonds is 7. The molecule has 0 spiro atoms. The lowest BCUT2D eigenvalue weighted by Crippen LogP contribution is -2.35. The van der Waals surface area contributed by atoms with Gasteiger partial charge in [0.25, 0.3) is 5.16 Å². The van der Waals surface area contributed by atoms with Crippen molar-refractivity contribution in [2.75, 3.05) is 32.6 Å². The van der Waals surface area contributed by atoms with Crippen molar-refractivity contribution < 1.29 is 17.9 Å². The molecule has 8 nitrogen and oxygen atoms in total. The van der Waals surface area contributed by atoms with Crippen LogP contribution in [0.15, 0.2) is 23.1 Å². The van der Waals surface area contributed by atoms with Crippen LogP contribution in [-0.4, -0.2) is 66.7 Å². The van der Waals surface area contributed by atoms with E-state index in [0.29, 0.717) is 11.6 Å². The van der Waals surface area contributed by atoms with Crippen LogP contribution in [0, 0.1) is 0 Å². The Morgan fingerprint density at radius 2 is 2.24 bits per heavy atom. The first kappa shape index (κ1) is 17.6. The number of methoxy groups -OCH3 is 1. The molecule has 0 N–H and O–H groups in total. The molecule has 0 aliphatic heterocycles. The Kier molecular flexibility index (Phi) is 6.31. The van der Waals surface area contributed by atoms with Crippen molar-refractivity contribution in [3.05, 3.63) is 17.9 Å². The summed E-state index contributed by atoms with van der Waals surface area (Å²) >= 11 is 5.67. The van der Waals surface area contributed by atoms with E-state index in [9.17, 15) is 13.2 Å². The average molecular weight is 337 g/mol. The van der Waals surface area contributed by atoms with Gasteiger partial charge in [0.05, 0.1) is 18.9 Å². The number of nitrogens with zero attached hydrogens (tertiary/aromatic N) is 4. The first-order valence-electron chi connectivity index (χ1n) is 6.07. The van der Waals surface area contributed by atoms with Gasteiger partial charge in [-0.1, -0.05) is 18.2 Å². The van der Waals surface area contributed by atoms with Gasteiger partial charge in [-0.2, -0.15) is 4.68 Å². The zero-order valence-corrected chi connectivity index (χ0v) is 13.4. The van der Waals surface area contributed by atoms with Gasteiger partial charge >= 0.3 is 6.03 Å². The van der Waals surface area contributed by atoms with E-state index in [4.69, 9.17) is 16.3 Å². The lowest BCUT2D eigenvalue weighted by Gasteiger charge is -2.18. The molecule has 0 atom stereocenters. The van der Waals surface area contributed by atoms with Crippen LogP contribution in [0.4, 0.5) is 4.79 Å². The predicted octanol–water partition coefficient (Wildman–Crippen LogP) is 0.741. The number of amides is 1. The highest BCUT2D eigenvalue weighted by atomic mass is 35.5. The number of aromatic nitrogens is 3. The fraction of sp³-hybridized carbons (Fsp3) is 0.545. The van der Waals surface area contributed by atoms with E-state index in [1.54, 1.807) is 6.92 Å². The monoisotopic (exact) mass is 336 g/mol. The molecular weight excluding hydrogens is 320 g/mol. The topological polar surface area (TPSA) is 94.4 Å². The van der Waals surface area contributed by atoms with Gasteiger partial charge in [-0.05, 0) is 6.92 Å². The number of hydrogen-bond donors (Lipinski definition) is 0. The smallest absolute Gasteiger partial charge is 0.346 e. The molecule has 21 heavy (non-hydrogen) atoms. The minimum Gasteiger partial charge on any atom is -0.384 e. The Morgan fingerprint density at radius 3 is 2.76 bits per heavy atom. The molecule has 0 fully saturated rings. The predicted molar refractivity (Wildman–Crippen MR) is 77.0 cm³/mol. The third-order valence-electron chi connectivity index (χ3n) is 2.52. The maximum atomic E-state index is 12.1. The Labute approximate surface area is 128 Å². The van der Waals surface area contributed by atoms with Crippen molar-refractivity contribution in [3.63, 3.8) is 0 Å². The molecular formula is C11H17ClN4O4S. The minimum absolute atomic E-state index is 0.0258. The van der Waals surface area contributed by atoms with Crippen molar-refractivity contribution in [2.45, 2.75) is 12.1 Å². The minimum atomic E-state index is -3.67. The fourth-order valence-corrected chi connectivity index (χ4v) is 2.57. The van der Waals surface area contributed by atoms with Crippen molar-refractivity contribution in [1.82, 2.24) is 19.7 Å². The normalized spacial score (nSPS) is 11.4. The summed E-state index contributed by atoms with van der Waals surface area (Å²) in [6.07, 6.45) is 1.06. The van der Waals surface area contributed by atoms with E-state index in [2.05, 4.69) is 16.7 Å². The molecule has 0 bridgehead atoms. The molecule has 118 valence electrons. The molecule has 0 aliphatic rings. The molecule has 0 aromatic carbocycles. The summed E-state index contributed by atoms with van der Waals surface area (Å²) < 4.78 is 29.3. The summed E-state index contributed by atoms with van der Waals surface area (Å²) in [7, 11) is -2.28. The highest BCUT2D eigenvalue weighted by molar-refractivity contribution is 7.91. The molecule has 1 aromatic heterocycles. The maximum absolute atomic E-state index is 12.1. The van der Waals surface area contributed by atoms with Crippen LogP contribution in [0.1, 0.15) is 6.92 Å². The molecule has 0 radical (unpaired) electrons. The van der Waals surface area contributed by atoms with Crippen LogP contribution in [0.5, 0.6) is 0 Å². The van der Waals surface area contributed by atoms with Crippen molar-refractivity contribution in [1.29, 1.82) is 0 Å². The third-order valence-corrected chi connectivity index (χ3v) is 4.08. The molecule has 0 unspecified atom stereocenters. The van der Waals surface area contributed by atoms with Crippen molar-refractivity contribution in [3.8, 4) is 0 Å². The van der Waals surface area contributed by atoms with Gasteiger partial charge in [-0.15, -0.1) is 5.10 Å². The molecule has 1 heterocycles. The molecule has 0 saturated heterocycles. The van der Waals surface area contributed by atoms with E-state index in [1.807, 2.05) is 0 Å². The van der Waals surface area contributed by atoms with Gasteiger partial charge in [0, 0.05) is 18.7 Å². The van der Waals surface area contributed by atoms with Gasteiger partial charge in [-0.25, -0.2) is 18.2 Å². The summed E-state index contributed by atoms with van der Waals surface area (Å²) in [6.45, 7) is 5.81. The molecule has 10 heteroatoms. The molecule has 1 amide bonds. The number of sulfone groups is 1. The Bertz CT molecular complexity index is 613. The lowest BCUT2D eigenvalue weighted by molar-refractivity contribution is 0.203. The molecule has 0 aliphatic carbocycles. The van der Waals surface area contributed by atoms with Gasteiger partial charge < -0.3 is 9.64 Å². The van der Waals surface area contributed by atoms with Gasteiger partial charge in [-0.3, -0.25) is 0 Å². The quantitative estimate of drug-likeness (QED) is 0.729. The standard InChI is InChI=1S/C11H17ClN4O4S/c1-4-15(7-9(2)12)11(17)16-8-13-10(14-16)21(18,19)6-5-20-3/h8H,2,4-7H2,1,3H3. The molecule has 1 aromatic rings. The van der Waals surface area contributed by atoms with E-state index < -0.39 is 21.0 Å². The fourth-order valence-electron chi connectivity index (χ4n) is 1.43. The highest BCUT2D eigenvalue weighted by Crippen LogP contribution is 2.07. The SMILES string of the molecule is C=C(Cl)CN(CC)C(=O)n1cnc(S(=O)(=O)CCOC)n1. The Morgan fingerprint density at radius 1 is 1.57 bits per heavy atom. The number of halogens is 1. The maximum Gasteiger partial charge on any atom is 0.346 e. The van der Waals surface area contributed by atoms with Gasteiger partial charge in [0.1, 0.15) is 6.33 Å². The first-order valence-corrected chi connectivity index (χ1v) is 8.10. The second-order valence-corrected chi connectivity index (χ2v) is 6.63. The summed E-state index contributed by atoms with van der Waals surface area (Å²) in [4.78, 5) is 17.2. The van der Waals surface area contributed by atoms with Gasteiger partial charge in [0.15, 0.2) is 0 Å². The number of ether oxygens (including phenoxy) is 1. The molecule has 1 rings (SSSR count). The largest absolute Gasteiger partial charge is 0.384 e. The van der Waals surface area contributed by atoms with Crippen LogP contribution >= 0.6 is 11.6 Å². The Balaban J connectivity index is 2.92.